The van der Waals surface area contributed by atoms with Crippen LogP contribution >= 0.6 is 23.4 Å². The summed E-state index contributed by atoms with van der Waals surface area (Å²) >= 11 is 7.09. The Morgan fingerprint density at radius 2 is 2.14 bits per heavy atom. The lowest BCUT2D eigenvalue weighted by Crippen LogP contribution is -2.13. The molecule has 0 saturated heterocycles. The third-order valence-corrected chi connectivity index (χ3v) is 3.35. The van der Waals surface area contributed by atoms with Crippen molar-refractivity contribution in [3.8, 4) is 11.9 Å². The van der Waals surface area contributed by atoms with E-state index >= 15 is 0 Å². The second kappa shape index (κ2) is 7.07. The number of carbonyl (C=O) groups excluding carboxylic acids is 1. The molecule has 0 aliphatic carbocycles. The largest absolute Gasteiger partial charge is 0.468 e. The molecule has 0 saturated carbocycles. The van der Waals surface area contributed by atoms with Gasteiger partial charge in [0.2, 0.25) is 5.88 Å². The minimum atomic E-state index is -0.222. The molecule has 7 heteroatoms. The predicted octanol–water partition coefficient (Wildman–Crippen LogP) is 2.99. The summed E-state index contributed by atoms with van der Waals surface area (Å²) in [5.74, 6) is -0.112. The molecule has 0 amide bonds. The van der Waals surface area contributed by atoms with Crippen molar-refractivity contribution in [1.82, 2.24) is 9.97 Å². The Labute approximate surface area is 130 Å². The molecule has 106 valence electrons. The average Bonchev–Trinajstić information content (AvgIpc) is 2.52. The van der Waals surface area contributed by atoms with Gasteiger partial charge in [0, 0.05) is 10.6 Å². The van der Waals surface area contributed by atoms with Gasteiger partial charge >= 0.3 is 0 Å². The topological polar surface area (TPSA) is 75.9 Å². The number of carbonyl (C=O) groups is 1. The number of aromatic nitrogens is 2. The van der Waals surface area contributed by atoms with Crippen molar-refractivity contribution in [2.75, 3.05) is 12.9 Å². The van der Waals surface area contributed by atoms with Crippen LogP contribution in [0.5, 0.6) is 5.88 Å². The number of rotatable bonds is 5. The standard InChI is InChI=1S/C14H10ClN3O2S/c1-21-14-17-7-10(6-16)13(18-14)20-8-12(19)9-2-4-11(15)5-3-9/h2-5,7H,8H2,1H3. The lowest BCUT2D eigenvalue weighted by Gasteiger charge is -2.07. The molecule has 2 rings (SSSR count). The zero-order chi connectivity index (χ0) is 15.2. The zero-order valence-corrected chi connectivity index (χ0v) is 12.6. The van der Waals surface area contributed by atoms with Gasteiger partial charge in [-0.15, -0.1) is 0 Å². The normalized spacial score (nSPS) is 9.95. The van der Waals surface area contributed by atoms with Crippen LogP contribution in [0.4, 0.5) is 0 Å². The van der Waals surface area contributed by atoms with Gasteiger partial charge in [-0.3, -0.25) is 4.79 Å². The monoisotopic (exact) mass is 319 g/mol. The molecule has 5 nitrogen and oxygen atoms in total. The van der Waals surface area contributed by atoms with Crippen molar-refractivity contribution in [2.45, 2.75) is 5.16 Å². The maximum Gasteiger partial charge on any atom is 0.236 e. The highest BCUT2D eigenvalue weighted by molar-refractivity contribution is 7.98. The Bertz CT molecular complexity index is 698. The molecular formula is C14H10ClN3O2S. The van der Waals surface area contributed by atoms with Gasteiger partial charge in [0.1, 0.15) is 11.6 Å². The van der Waals surface area contributed by atoms with Crippen LogP contribution in [0.3, 0.4) is 0 Å². The Kier molecular flexibility index (Phi) is 5.14. The van der Waals surface area contributed by atoms with Gasteiger partial charge in [-0.05, 0) is 30.5 Å². The number of hydrogen-bond donors (Lipinski definition) is 0. The Morgan fingerprint density at radius 1 is 1.43 bits per heavy atom. The first-order chi connectivity index (χ1) is 10.1. The SMILES string of the molecule is CSc1ncc(C#N)c(OCC(=O)c2ccc(Cl)cc2)n1. The smallest absolute Gasteiger partial charge is 0.236 e. The minimum absolute atomic E-state index is 0.110. The lowest BCUT2D eigenvalue weighted by atomic mass is 10.1. The van der Waals surface area contributed by atoms with Crippen molar-refractivity contribution in [1.29, 1.82) is 5.26 Å². The average molecular weight is 320 g/mol. The van der Waals surface area contributed by atoms with Crippen LogP contribution in [-0.2, 0) is 0 Å². The Morgan fingerprint density at radius 3 is 2.76 bits per heavy atom. The van der Waals surface area contributed by atoms with E-state index in [4.69, 9.17) is 21.6 Å². The van der Waals surface area contributed by atoms with Gasteiger partial charge in [0.15, 0.2) is 17.5 Å². The summed E-state index contributed by atoms with van der Waals surface area (Å²) < 4.78 is 5.35. The summed E-state index contributed by atoms with van der Waals surface area (Å²) in [6, 6.07) is 8.43. The first-order valence-corrected chi connectivity index (χ1v) is 7.47. The summed E-state index contributed by atoms with van der Waals surface area (Å²) in [7, 11) is 0. The van der Waals surface area contributed by atoms with Crippen LogP contribution < -0.4 is 4.74 Å². The fourth-order valence-corrected chi connectivity index (χ4v) is 1.95. The number of ether oxygens (including phenoxy) is 1. The highest BCUT2D eigenvalue weighted by Crippen LogP contribution is 2.18. The molecule has 0 spiro atoms. The van der Waals surface area contributed by atoms with E-state index < -0.39 is 0 Å². The molecule has 0 radical (unpaired) electrons. The Hall–Kier alpha value is -2.10. The lowest BCUT2D eigenvalue weighted by molar-refractivity contribution is 0.0917. The van der Waals surface area contributed by atoms with Crippen molar-refractivity contribution >= 4 is 29.1 Å². The third-order valence-electron chi connectivity index (χ3n) is 2.54. The molecule has 0 atom stereocenters. The summed E-state index contributed by atoms with van der Waals surface area (Å²) in [6.45, 7) is -0.207. The first-order valence-electron chi connectivity index (χ1n) is 5.86. The number of thioether (sulfide) groups is 1. The maximum atomic E-state index is 12.0. The molecule has 1 aromatic heterocycles. The summed E-state index contributed by atoms with van der Waals surface area (Å²) in [4.78, 5) is 20.0. The molecule has 1 aromatic carbocycles. The van der Waals surface area contributed by atoms with E-state index in [1.165, 1.54) is 18.0 Å². The van der Waals surface area contributed by atoms with E-state index in [-0.39, 0.29) is 23.8 Å². The summed E-state index contributed by atoms with van der Waals surface area (Å²) in [5.41, 5.74) is 0.675. The number of nitrogens with zero attached hydrogens (tertiary/aromatic N) is 3. The number of halogens is 1. The molecule has 0 unspecified atom stereocenters. The number of ketones is 1. The fourth-order valence-electron chi connectivity index (χ4n) is 1.49. The predicted molar refractivity (Wildman–Crippen MR) is 79.8 cm³/mol. The quantitative estimate of drug-likeness (QED) is 0.479. The first kappa shape index (κ1) is 15.3. The van der Waals surface area contributed by atoms with Crippen LogP contribution in [0.1, 0.15) is 15.9 Å². The molecule has 1 heterocycles. The van der Waals surface area contributed by atoms with Gasteiger partial charge < -0.3 is 4.74 Å². The minimum Gasteiger partial charge on any atom is -0.468 e. The van der Waals surface area contributed by atoms with Crippen molar-refractivity contribution in [3.05, 3.63) is 46.6 Å². The molecule has 0 aliphatic heterocycles. The van der Waals surface area contributed by atoms with Crippen molar-refractivity contribution in [3.63, 3.8) is 0 Å². The molecule has 0 N–H and O–H groups in total. The number of benzene rings is 1. The van der Waals surface area contributed by atoms with E-state index in [1.54, 1.807) is 24.3 Å². The number of Topliss-reactive ketones (excluding diaryl/α,β-unsaturated/α-hetero) is 1. The molecule has 0 bridgehead atoms. The van der Waals surface area contributed by atoms with Gasteiger partial charge in [0.25, 0.3) is 0 Å². The van der Waals surface area contributed by atoms with Gasteiger partial charge in [0.05, 0.1) is 6.20 Å². The highest BCUT2D eigenvalue weighted by Gasteiger charge is 2.12. The molecule has 0 aliphatic rings. The highest BCUT2D eigenvalue weighted by atomic mass is 35.5. The van der Waals surface area contributed by atoms with Crippen molar-refractivity contribution in [2.24, 2.45) is 0 Å². The van der Waals surface area contributed by atoms with Gasteiger partial charge in [-0.2, -0.15) is 10.2 Å². The Balaban J connectivity index is 2.10. The van der Waals surface area contributed by atoms with Crippen LogP contribution in [-0.4, -0.2) is 28.6 Å². The maximum absolute atomic E-state index is 12.0. The van der Waals surface area contributed by atoms with E-state index in [9.17, 15) is 4.79 Å². The third kappa shape index (κ3) is 3.94. The second-order valence-corrected chi connectivity index (χ2v) is 5.12. The van der Waals surface area contributed by atoms with Crippen LogP contribution in [0.15, 0.2) is 35.6 Å². The number of nitriles is 1. The molecule has 2 aromatic rings. The second-order valence-electron chi connectivity index (χ2n) is 3.91. The van der Waals surface area contributed by atoms with E-state index in [0.717, 1.165) is 0 Å². The zero-order valence-electron chi connectivity index (χ0n) is 11.0. The molecule has 0 fully saturated rings. The summed E-state index contributed by atoms with van der Waals surface area (Å²) in [6.07, 6.45) is 3.19. The number of hydrogen-bond acceptors (Lipinski definition) is 6. The van der Waals surface area contributed by atoms with Crippen LogP contribution in [0, 0.1) is 11.3 Å². The fraction of sp³-hybridized carbons (Fsp3) is 0.143. The van der Waals surface area contributed by atoms with Gasteiger partial charge in [-0.1, -0.05) is 23.4 Å². The van der Waals surface area contributed by atoms with E-state index in [0.29, 0.717) is 15.7 Å². The van der Waals surface area contributed by atoms with Gasteiger partial charge in [-0.25, -0.2) is 4.98 Å². The molecular weight excluding hydrogens is 310 g/mol. The van der Waals surface area contributed by atoms with E-state index in [1.807, 2.05) is 12.3 Å². The van der Waals surface area contributed by atoms with Crippen LogP contribution in [0.2, 0.25) is 5.02 Å². The van der Waals surface area contributed by atoms with E-state index in [2.05, 4.69) is 9.97 Å². The van der Waals surface area contributed by atoms with Crippen LogP contribution in [0.25, 0.3) is 0 Å². The summed E-state index contributed by atoms with van der Waals surface area (Å²) in [5, 5.41) is 10.0. The molecule has 21 heavy (non-hydrogen) atoms. The van der Waals surface area contributed by atoms with Crippen molar-refractivity contribution < 1.29 is 9.53 Å².